The maximum Gasteiger partial charge on any atom is 0.341 e. The Morgan fingerprint density at radius 1 is 1.19 bits per heavy atom. The van der Waals surface area contributed by atoms with Crippen LogP contribution in [0.2, 0.25) is 0 Å². The highest BCUT2D eigenvalue weighted by Gasteiger charge is 2.27. The van der Waals surface area contributed by atoms with Crippen LogP contribution in [0.15, 0.2) is 36.7 Å². The molecule has 0 radical (unpaired) electrons. The summed E-state index contributed by atoms with van der Waals surface area (Å²) in [5, 5.41) is 2.04. The van der Waals surface area contributed by atoms with E-state index in [1.165, 1.54) is 6.92 Å². The molecular weight excluding hydrogens is 356 g/mol. The molecule has 1 aromatic carbocycles. The summed E-state index contributed by atoms with van der Waals surface area (Å²) in [6.45, 7) is 4.58. The zero-order chi connectivity index (χ0) is 19.4. The third-order valence-corrected chi connectivity index (χ3v) is 3.23. The topological polar surface area (TPSA) is 68.3 Å². The summed E-state index contributed by atoms with van der Waals surface area (Å²) in [6.07, 6.45) is 1.90. The van der Waals surface area contributed by atoms with Crippen molar-refractivity contribution in [1.82, 2.24) is 4.98 Å². The van der Waals surface area contributed by atoms with Crippen LogP contribution in [-0.4, -0.2) is 23.3 Å². The van der Waals surface area contributed by atoms with Gasteiger partial charge >= 0.3 is 5.97 Å². The zero-order valence-corrected chi connectivity index (χ0v) is 13.4. The number of ketones is 1. The van der Waals surface area contributed by atoms with Gasteiger partial charge in [-0.15, -0.1) is 0 Å². The fourth-order valence-electron chi connectivity index (χ4n) is 1.96. The number of anilines is 2. The number of aromatic nitrogens is 1. The Balaban J connectivity index is 2.49. The van der Waals surface area contributed by atoms with Crippen molar-refractivity contribution in [3.8, 4) is 0 Å². The molecule has 136 valence electrons. The summed E-state index contributed by atoms with van der Waals surface area (Å²) >= 11 is 0. The molecule has 2 rings (SSSR count). The Hall–Kier alpha value is -3.23. The number of ether oxygens (including phenoxy) is 1. The lowest BCUT2D eigenvalue weighted by Gasteiger charge is -2.13. The second-order valence-corrected chi connectivity index (χ2v) is 4.92. The Labute approximate surface area is 145 Å². The van der Waals surface area contributed by atoms with Crippen LogP contribution in [0.4, 0.5) is 28.9 Å². The van der Waals surface area contributed by atoms with Crippen molar-refractivity contribution in [3.05, 3.63) is 65.5 Å². The van der Waals surface area contributed by atoms with Crippen molar-refractivity contribution in [2.45, 2.75) is 6.92 Å². The Bertz CT molecular complexity index is 900. The van der Waals surface area contributed by atoms with Crippen LogP contribution in [0.25, 0.3) is 0 Å². The van der Waals surface area contributed by atoms with E-state index >= 15 is 0 Å². The molecule has 0 amide bonds. The first-order valence-electron chi connectivity index (χ1n) is 7.22. The van der Waals surface area contributed by atoms with E-state index in [9.17, 15) is 27.2 Å². The van der Waals surface area contributed by atoms with Crippen molar-refractivity contribution in [2.75, 3.05) is 11.9 Å². The van der Waals surface area contributed by atoms with Crippen LogP contribution < -0.4 is 5.32 Å². The molecule has 0 saturated heterocycles. The smallest absolute Gasteiger partial charge is 0.341 e. The van der Waals surface area contributed by atoms with Gasteiger partial charge in [0.05, 0.1) is 24.1 Å². The minimum Gasteiger partial charge on any atom is -0.462 e. The van der Waals surface area contributed by atoms with E-state index in [4.69, 9.17) is 0 Å². The quantitative estimate of drug-likeness (QED) is 0.160. The number of Topliss-reactive ketones (excluding diaryl/α,β-unsaturated/α-hetero) is 1. The van der Waals surface area contributed by atoms with Crippen LogP contribution >= 0.6 is 0 Å². The molecule has 0 saturated carbocycles. The molecule has 1 aromatic heterocycles. The highest BCUT2D eigenvalue weighted by atomic mass is 19.2. The molecular formula is C17H12F4N2O3. The number of hydrogen-bond acceptors (Lipinski definition) is 5. The van der Waals surface area contributed by atoms with Crippen molar-refractivity contribution in [2.24, 2.45) is 0 Å². The summed E-state index contributed by atoms with van der Waals surface area (Å²) in [6, 6.07) is 1.34. The van der Waals surface area contributed by atoms with Crippen LogP contribution in [0.3, 0.4) is 0 Å². The summed E-state index contributed by atoms with van der Waals surface area (Å²) in [5.74, 6) is -8.15. The second kappa shape index (κ2) is 7.77. The van der Waals surface area contributed by atoms with Crippen LogP contribution in [0, 0.1) is 23.3 Å². The number of rotatable bonds is 6. The molecule has 0 unspecified atom stereocenters. The van der Waals surface area contributed by atoms with E-state index in [0.29, 0.717) is 0 Å². The molecule has 0 aliphatic rings. The van der Waals surface area contributed by atoms with Gasteiger partial charge in [0.2, 0.25) is 5.78 Å². The van der Waals surface area contributed by atoms with Gasteiger partial charge in [-0.2, -0.15) is 0 Å². The number of benzene rings is 1. The molecule has 0 fully saturated rings. The van der Waals surface area contributed by atoms with Gasteiger partial charge < -0.3 is 10.1 Å². The second-order valence-electron chi connectivity index (χ2n) is 4.92. The highest BCUT2D eigenvalue weighted by molar-refractivity contribution is 6.24. The molecule has 26 heavy (non-hydrogen) atoms. The number of nitrogens with one attached hydrogen (secondary N) is 1. The molecule has 1 heterocycles. The average Bonchev–Trinajstić information content (AvgIpc) is 2.62. The van der Waals surface area contributed by atoms with E-state index < -0.39 is 57.5 Å². The van der Waals surface area contributed by atoms with Crippen molar-refractivity contribution in [3.63, 3.8) is 0 Å². The molecule has 5 nitrogen and oxygen atoms in total. The number of nitrogens with zero attached hydrogens (tertiary/aromatic N) is 1. The summed E-state index contributed by atoms with van der Waals surface area (Å²) in [5.41, 5.74) is -3.22. The van der Waals surface area contributed by atoms with Crippen LogP contribution in [0.5, 0.6) is 0 Å². The van der Waals surface area contributed by atoms with Crippen molar-refractivity contribution >= 4 is 23.1 Å². The normalized spacial score (nSPS) is 10.3. The Kier molecular flexibility index (Phi) is 5.71. The first-order valence-corrected chi connectivity index (χ1v) is 7.22. The zero-order valence-electron chi connectivity index (χ0n) is 13.4. The molecule has 1 N–H and O–H groups in total. The maximum atomic E-state index is 14.6. The standard InChI is InChI=1S/C17H12F4N2O3/c1-3-26-17(25)8(2)16(24)9-6-10(18)14(21)15(13(9)20)23-12-4-5-22-7-11(12)19/h4-7H,2-3H2,1H3,(H,22,23). The van der Waals surface area contributed by atoms with Crippen LogP contribution in [0.1, 0.15) is 17.3 Å². The summed E-state index contributed by atoms with van der Waals surface area (Å²) in [4.78, 5) is 27.2. The summed E-state index contributed by atoms with van der Waals surface area (Å²) < 4.78 is 60.5. The van der Waals surface area contributed by atoms with E-state index in [0.717, 1.165) is 18.5 Å². The predicted octanol–water partition coefficient (Wildman–Crippen LogP) is 3.68. The van der Waals surface area contributed by atoms with Gasteiger partial charge in [-0.3, -0.25) is 9.78 Å². The SMILES string of the molecule is C=C(C(=O)OCC)C(=O)c1cc(F)c(F)c(Nc2ccncc2F)c1F. The Morgan fingerprint density at radius 2 is 1.88 bits per heavy atom. The van der Waals surface area contributed by atoms with E-state index in [2.05, 4.69) is 16.3 Å². The average molecular weight is 368 g/mol. The van der Waals surface area contributed by atoms with Gasteiger partial charge in [0.1, 0.15) is 11.3 Å². The van der Waals surface area contributed by atoms with E-state index in [1.807, 2.05) is 5.32 Å². The number of esters is 1. The minimum atomic E-state index is -1.67. The Morgan fingerprint density at radius 3 is 2.50 bits per heavy atom. The lowest BCUT2D eigenvalue weighted by molar-refractivity contribution is -0.138. The maximum absolute atomic E-state index is 14.6. The van der Waals surface area contributed by atoms with Gasteiger partial charge in [-0.25, -0.2) is 22.4 Å². The highest BCUT2D eigenvalue weighted by Crippen LogP contribution is 2.30. The molecule has 2 aromatic rings. The van der Waals surface area contributed by atoms with Crippen molar-refractivity contribution < 1.29 is 31.9 Å². The van der Waals surface area contributed by atoms with E-state index in [-0.39, 0.29) is 12.7 Å². The van der Waals surface area contributed by atoms with Crippen LogP contribution in [-0.2, 0) is 9.53 Å². The lowest BCUT2D eigenvalue weighted by atomic mass is 10.0. The van der Waals surface area contributed by atoms with Gasteiger partial charge in [0.25, 0.3) is 0 Å². The molecule has 0 aliphatic heterocycles. The third-order valence-electron chi connectivity index (χ3n) is 3.23. The third kappa shape index (κ3) is 3.71. The van der Waals surface area contributed by atoms with E-state index in [1.54, 1.807) is 0 Å². The minimum absolute atomic E-state index is 0.0699. The number of hydrogen-bond donors (Lipinski definition) is 1. The largest absolute Gasteiger partial charge is 0.462 e. The van der Waals surface area contributed by atoms with Gasteiger partial charge in [-0.1, -0.05) is 6.58 Å². The van der Waals surface area contributed by atoms with Gasteiger partial charge in [0, 0.05) is 6.20 Å². The first-order chi connectivity index (χ1) is 12.3. The number of carbonyl (C=O) groups excluding carboxylic acids is 2. The number of halogens is 4. The fourth-order valence-corrected chi connectivity index (χ4v) is 1.96. The molecule has 9 heteroatoms. The van der Waals surface area contributed by atoms with Crippen molar-refractivity contribution in [1.29, 1.82) is 0 Å². The first kappa shape index (κ1) is 19.1. The number of carbonyl (C=O) groups is 2. The fraction of sp³-hybridized carbons (Fsp3) is 0.118. The van der Waals surface area contributed by atoms with Gasteiger partial charge in [-0.05, 0) is 19.1 Å². The lowest BCUT2D eigenvalue weighted by Crippen LogP contribution is -2.17. The molecule has 0 atom stereocenters. The molecule has 0 bridgehead atoms. The monoisotopic (exact) mass is 368 g/mol. The predicted molar refractivity (Wildman–Crippen MR) is 83.9 cm³/mol. The number of pyridine rings is 1. The molecule has 0 aliphatic carbocycles. The summed E-state index contributed by atoms with van der Waals surface area (Å²) in [7, 11) is 0. The molecule has 0 spiro atoms. The van der Waals surface area contributed by atoms with Gasteiger partial charge in [0.15, 0.2) is 23.3 Å².